The van der Waals surface area contributed by atoms with E-state index in [0.29, 0.717) is 11.1 Å². The minimum atomic E-state index is -1.07. The summed E-state index contributed by atoms with van der Waals surface area (Å²) >= 11 is 0. The van der Waals surface area contributed by atoms with Crippen molar-refractivity contribution < 1.29 is 4.42 Å². The second-order valence-electron chi connectivity index (χ2n) is 12.3. The normalized spacial score (nSPS) is 18.2. The Morgan fingerprint density at radius 1 is 0.627 bits per heavy atom. The zero-order chi connectivity index (χ0) is 38.3. The summed E-state index contributed by atoms with van der Waals surface area (Å²) in [5.74, 6) is 0.250. The third-order valence-corrected chi connectivity index (χ3v) is 9.68. The van der Waals surface area contributed by atoms with Crippen LogP contribution >= 0.6 is 0 Å². The third kappa shape index (κ3) is 5.94. The quantitative estimate of drug-likeness (QED) is 0.155. The highest BCUT2D eigenvalue weighted by Crippen LogP contribution is 2.53. The first kappa shape index (κ1) is 39.4. The first-order valence-corrected chi connectivity index (χ1v) is 15.1. The van der Waals surface area contributed by atoms with Gasteiger partial charge in [0.2, 0.25) is 0 Å². The summed E-state index contributed by atoms with van der Waals surface area (Å²) in [4.78, 5) is 0. The van der Waals surface area contributed by atoms with Crippen molar-refractivity contribution in [2.45, 2.75) is 25.1 Å². The zero-order valence-electron chi connectivity index (χ0n) is 27.7. The van der Waals surface area contributed by atoms with Crippen LogP contribution in [0.25, 0.3) is 16.6 Å². The second kappa shape index (κ2) is 14.2. The van der Waals surface area contributed by atoms with Crippen LogP contribution in [0, 0.1) is 19.3 Å². The minimum absolute atomic E-state index is 0.00160. The van der Waals surface area contributed by atoms with Crippen molar-refractivity contribution in [3.05, 3.63) is 77.6 Å². The molecule has 0 fully saturated rings. The highest BCUT2D eigenvalue weighted by Gasteiger charge is 2.40. The van der Waals surface area contributed by atoms with Gasteiger partial charge in [-0.1, -0.05) is 38.9 Å². The average Bonchev–Trinajstić information content (AvgIpc) is 3.68. The van der Waals surface area contributed by atoms with Gasteiger partial charge in [-0.05, 0) is 29.5 Å². The predicted octanol–water partition coefficient (Wildman–Crippen LogP) is -7.51. The summed E-state index contributed by atoms with van der Waals surface area (Å²) in [5.41, 5.74) is 2.10. The van der Waals surface area contributed by atoms with Gasteiger partial charge in [0, 0.05) is 23.5 Å². The maximum atomic E-state index is 6.73. The number of benzene rings is 2. The van der Waals surface area contributed by atoms with Crippen molar-refractivity contribution in [1.29, 1.82) is 0 Å². The summed E-state index contributed by atoms with van der Waals surface area (Å²) in [5, 5.41) is 0. The molecule has 0 saturated carbocycles. The van der Waals surface area contributed by atoms with Crippen LogP contribution in [0.5, 0.6) is 0 Å². The molecule has 0 amide bonds. The topological polar surface area (TPSA) is 13.1 Å². The van der Waals surface area contributed by atoms with Gasteiger partial charge < -0.3 is 4.42 Å². The van der Waals surface area contributed by atoms with Crippen molar-refractivity contribution in [3.8, 4) is 12.3 Å². The molecular weight excluding hydrogens is 595 g/mol. The molecule has 2 aliphatic rings. The molecule has 0 aliphatic heterocycles. The zero-order valence-corrected chi connectivity index (χ0v) is 27.7. The van der Waals surface area contributed by atoms with Crippen molar-refractivity contribution in [1.82, 2.24) is 0 Å². The van der Waals surface area contributed by atoms with E-state index in [0.717, 1.165) is 0 Å². The number of rotatable bonds is 6. The summed E-state index contributed by atoms with van der Waals surface area (Å²) in [7, 11) is 115. The van der Waals surface area contributed by atoms with Gasteiger partial charge in [-0.3, -0.25) is 0 Å². The van der Waals surface area contributed by atoms with Gasteiger partial charge in [0.1, 0.15) is 145 Å². The molecule has 1 heterocycles. The van der Waals surface area contributed by atoms with E-state index in [2.05, 4.69) is 5.92 Å². The Hall–Kier alpha value is -2.85. The maximum Gasteiger partial charge on any atom is 0.137 e. The second-order valence-corrected chi connectivity index (χ2v) is 12.3. The average molecular weight is 603 g/mol. The molecule has 3 aromatic rings. The van der Waals surface area contributed by atoms with Crippen LogP contribution in [0.2, 0.25) is 0 Å². The first-order valence-electron chi connectivity index (χ1n) is 15.1. The number of hydrogen-bond acceptors (Lipinski definition) is 1. The summed E-state index contributed by atoms with van der Waals surface area (Å²) in [6.07, 6.45) is 5.45. The van der Waals surface area contributed by atoms with E-state index in [-0.39, 0.29) is 139 Å². The van der Waals surface area contributed by atoms with E-state index in [9.17, 15) is 0 Å². The fraction of sp³-hybridized carbons (Fsp3) is 0.125. The standard InChI is InChI=1S/C32H8B18O/c1-3-8(33)17(37)16(36)7(4-6-5(2)14(34)24(44)25(45)15(6)35)31-12-13(23(43)27(47)22(12)42)32(51-31)11-9(18(38)26(46)21(11)41)10-19(39)28(48)30(50)29(49)20(10)40/h1,9,23H,4H2,2H3/b16-7-,17-8-. The molecule has 1 aromatic heterocycles. The van der Waals surface area contributed by atoms with Crippen LogP contribution in [0.15, 0.2) is 42.7 Å². The lowest BCUT2D eigenvalue weighted by atomic mass is 9.57. The Kier molecular flexibility index (Phi) is 10.9. The monoisotopic (exact) mass is 606 g/mol. The summed E-state index contributed by atoms with van der Waals surface area (Å²) in [6.45, 7) is 1.70. The Morgan fingerprint density at radius 2 is 1.14 bits per heavy atom. The van der Waals surface area contributed by atoms with Gasteiger partial charge in [-0.15, -0.1) is 77.5 Å². The molecule has 51 heavy (non-hydrogen) atoms. The number of allylic oxidation sites excluding steroid dienone is 9. The lowest BCUT2D eigenvalue weighted by Crippen LogP contribution is -2.56. The van der Waals surface area contributed by atoms with Crippen LogP contribution in [0.3, 0.4) is 0 Å². The largest absolute Gasteiger partial charge is 0.456 e. The van der Waals surface area contributed by atoms with Crippen LogP contribution in [-0.2, 0) is 6.42 Å². The Bertz CT molecular complexity index is 2240. The molecule has 2 atom stereocenters. The number of terminal acetylenes is 1. The van der Waals surface area contributed by atoms with Gasteiger partial charge in [-0.2, -0.15) is 0 Å². The maximum absolute atomic E-state index is 6.73. The highest BCUT2D eigenvalue weighted by atomic mass is 16.3. The van der Waals surface area contributed by atoms with Crippen LogP contribution in [0.4, 0.5) is 0 Å². The Labute approximate surface area is 324 Å². The van der Waals surface area contributed by atoms with Crippen LogP contribution in [-0.4, -0.2) is 141 Å². The molecule has 0 saturated heterocycles. The summed E-state index contributed by atoms with van der Waals surface area (Å²) in [6, 6.07) is 0. The van der Waals surface area contributed by atoms with E-state index >= 15 is 0 Å². The molecule has 2 unspecified atom stereocenters. The van der Waals surface area contributed by atoms with Gasteiger partial charge in [0.15, 0.2) is 0 Å². The van der Waals surface area contributed by atoms with Gasteiger partial charge in [0.05, 0.1) is 7.85 Å². The van der Waals surface area contributed by atoms with E-state index in [1.807, 2.05) is 0 Å². The molecule has 196 valence electrons. The molecular formula is C32H8B18O. The molecule has 5 rings (SSSR count). The van der Waals surface area contributed by atoms with Gasteiger partial charge in [-0.25, -0.2) is 0 Å². The third-order valence-electron chi connectivity index (χ3n) is 9.68. The lowest BCUT2D eigenvalue weighted by molar-refractivity contribution is 0.531. The fourth-order valence-electron chi connectivity index (χ4n) is 6.50. The van der Waals surface area contributed by atoms with Crippen LogP contribution < -0.4 is 49.2 Å². The van der Waals surface area contributed by atoms with Crippen LogP contribution in [0.1, 0.15) is 51.1 Å². The molecule has 0 bridgehead atoms. The smallest absolute Gasteiger partial charge is 0.137 e. The highest BCUT2D eigenvalue weighted by molar-refractivity contribution is 6.68. The molecule has 1 nitrogen and oxygen atoms in total. The predicted molar refractivity (Wildman–Crippen MR) is 229 cm³/mol. The number of fused-ring (bicyclic) bond motifs is 1. The summed E-state index contributed by atoms with van der Waals surface area (Å²) < 4.78 is 6.70. The molecule has 2 aromatic carbocycles. The van der Waals surface area contributed by atoms with Gasteiger partial charge >= 0.3 is 0 Å². The van der Waals surface area contributed by atoms with Crippen molar-refractivity contribution in [2.75, 3.05) is 0 Å². The van der Waals surface area contributed by atoms with Crippen molar-refractivity contribution in [3.63, 3.8) is 0 Å². The minimum Gasteiger partial charge on any atom is -0.456 e. The number of hydrogen-bond donors (Lipinski definition) is 0. The van der Waals surface area contributed by atoms with E-state index < -0.39 is 11.7 Å². The van der Waals surface area contributed by atoms with E-state index in [4.69, 9.17) is 152 Å². The fourth-order valence-corrected chi connectivity index (χ4v) is 6.50. The van der Waals surface area contributed by atoms with Crippen molar-refractivity contribution >= 4 is 207 Å². The SMILES string of the molecule is [B]C1=C([B])C(c2c([B])c([B])c([B])c([B])c2[B])C(c2oc(/C(Cc3c([B])c([B])c([B])c([B])c3C)=C([B])/C([B])=C(/[B])C#C)c3c2C([B])C([B])=C3[B])=C1[B]. The molecule has 0 N–H and O–H groups in total. The molecule has 0 spiro atoms. The van der Waals surface area contributed by atoms with Gasteiger partial charge in [0.25, 0.3) is 0 Å². The van der Waals surface area contributed by atoms with E-state index in [1.165, 1.54) is 0 Å². The van der Waals surface area contributed by atoms with E-state index in [1.54, 1.807) is 6.92 Å². The Balaban J connectivity index is 1.91. The first-order chi connectivity index (χ1) is 23.7. The van der Waals surface area contributed by atoms with Crippen molar-refractivity contribution in [2.24, 2.45) is 0 Å². The molecule has 2 aliphatic carbocycles. The lowest BCUT2D eigenvalue weighted by Gasteiger charge is -2.29. The number of furan rings is 1. The molecule has 19 heteroatoms. The molecule has 36 radical (unpaired) electrons. The Morgan fingerprint density at radius 3 is 1.69 bits per heavy atom.